The Morgan fingerprint density at radius 2 is 1.71 bits per heavy atom. The second-order valence-corrected chi connectivity index (χ2v) is 8.09. The first kappa shape index (κ1) is 22.4. The van der Waals surface area contributed by atoms with Crippen LogP contribution in [0.15, 0.2) is 18.2 Å². The molecule has 1 saturated heterocycles. The molecule has 1 aromatic rings. The van der Waals surface area contributed by atoms with Gasteiger partial charge in [0.1, 0.15) is 5.75 Å². The van der Waals surface area contributed by atoms with E-state index in [-0.39, 0.29) is 36.6 Å². The fourth-order valence-electron chi connectivity index (χ4n) is 3.47. The van der Waals surface area contributed by atoms with E-state index in [0.717, 1.165) is 37.2 Å². The first-order valence-electron chi connectivity index (χ1n) is 10.4. The van der Waals surface area contributed by atoms with Crippen LogP contribution in [0.2, 0.25) is 0 Å². The maximum Gasteiger partial charge on any atom is 0.311 e. The number of nitrogens with zero attached hydrogens (tertiary/aromatic N) is 2. The molecule has 1 heterocycles. The predicted octanol–water partition coefficient (Wildman–Crippen LogP) is 3.29. The molecule has 0 aliphatic carbocycles. The molecule has 6 nitrogen and oxygen atoms in total. The summed E-state index contributed by atoms with van der Waals surface area (Å²) < 4.78 is 5.72. The summed E-state index contributed by atoms with van der Waals surface area (Å²) in [6.45, 7) is 11.8. The molecule has 0 spiro atoms. The van der Waals surface area contributed by atoms with Crippen LogP contribution in [0, 0.1) is 0 Å². The molecule has 1 fully saturated rings. The van der Waals surface area contributed by atoms with E-state index in [9.17, 15) is 9.59 Å². The highest BCUT2D eigenvalue weighted by Crippen LogP contribution is 2.34. The quantitative estimate of drug-likeness (QED) is 0.519. The van der Waals surface area contributed by atoms with Crippen LogP contribution >= 0.6 is 0 Å². The average molecular weight is 390 g/mol. The van der Waals surface area contributed by atoms with Crippen molar-refractivity contribution >= 4 is 11.9 Å². The molecular weight excluding hydrogens is 354 g/mol. The van der Waals surface area contributed by atoms with Crippen LogP contribution in [0.1, 0.15) is 69.9 Å². The summed E-state index contributed by atoms with van der Waals surface area (Å²) in [4.78, 5) is 24.4. The number of esters is 1. The van der Waals surface area contributed by atoms with Crippen LogP contribution in [-0.4, -0.2) is 55.1 Å². The molecule has 2 rings (SSSR count). The molecule has 0 bridgehead atoms. The van der Waals surface area contributed by atoms with E-state index < -0.39 is 0 Å². The van der Waals surface area contributed by atoms with E-state index in [0.29, 0.717) is 12.3 Å². The summed E-state index contributed by atoms with van der Waals surface area (Å²) in [5.74, 6) is 0.710. The normalized spacial score (nSPS) is 15.4. The third-order valence-electron chi connectivity index (χ3n) is 5.16. The number of ether oxygens (including phenoxy) is 1. The van der Waals surface area contributed by atoms with Gasteiger partial charge in [-0.15, -0.1) is 0 Å². The number of hydrogen-bond acceptors (Lipinski definition) is 5. The maximum absolute atomic E-state index is 12.4. The Balaban J connectivity index is 1.83. The van der Waals surface area contributed by atoms with Crippen molar-refractivity contribution in [2.75, 3.05) is 33.2 Å². The minimum absolute atomic E-state index is 0.0828. The predicted molar refractivity (Wildman–Crippen MR) is 111 cm³/mol. The van der Waals surface area contributed by atoms with Crippen molar-refractivity contribution in [3.8, 4) is 5.75 Å². The summed E-state index contributed by atoms with van der Waals surface area (Å²) >= 11 is 0. The Morgan fingerprint density at radius 1 is 1.07 bits per heavy atom. The SMILES string of the molecule is CC(C)c1cccc(C(C)C)c1OC(=O)CCC(=O)NCCN1CCCN1C. The van der Waals surface area contributed by atoms with Gasteiger partial charge in [0.15, 0.2) is 0 Å². The van der Waals surface area contributed by atoms with E-state index in [1.807, 2.05) is 18.2 Å². The second kappa shape index (κ2) is 10.6. The van der Waals surface area contributed by atoms with Crippen molar-refractivity contribution in [3.05, 3.63) is 29.3 Å². The lowest BCUT2D eigenvalue weighted by Crippen LogP contribution is -2.39. The number of carbonyl (C=O) groups is 2. The Bertz CT molecular complexity index is 647. The lowest BCUT2D eigenvalue weighted by molar-refractivity contribution is -0.136. The van der Waals surface area contributed by atoms with Gasteiger partial charge < -0.3 is 10.1 Å². The molecule has 0 atom stereocenters. The minimum Gasteiger partial charge on any atom is -0.426 e. The number of carbonyl (C=O) groups excluding carboxylic acids is 2. The van der Waals surface area contributed by atoms with Crippen molar-refractivity contribution in [1.29, 1.82) is 0 Å². The number of benzene rings is 1. The first-order valence-corrected chi connectivity index (χ1v) is 10.4. The van der Waals surface area contributed by atoms with Crippen LogP contribution in [0.25, 0.3) is 0 Å². The molecule has 0 radical (unpaired) electrons. The van der Waals surface area contributed by atoms with Gasteiger partial charge in [0.2, 0.25) is 5.91 Å². The number of hydrogen-bond donors (Lipinski definition) is 1. The van der Waals surface area contributed by atoms with Gasteiger partial charge in [-0.05, 0) is 29.4 Å². The van der Waals surface area contributed by atoms with Crippen molar-refractivity contribution in [3.63, 3.8) is 0 Å². The highest BCUT2D eigenvalue weighted by Gasteiger charge is 2.19. The molecule has 0 aromatic heterocycles. The number of hydrazine groups is 1. The third kappa shape index (κ3) is 6.31. The van der Waals surface area contributed by atoms with Gasteiger partial charge in [0.25, 0.3) is 0 Å². The lowest BCUT2D eigenvalue weighted by Gasteiger charge is -2.23. The molecular formula is C22H35N3O3. The highest BCUT2D eigenvalue weighted by atomic mass is 16.5. The van der Waals surface area contributed by atoms with Gasteiger partial charge in [0.05, 0.1) is 6.42 Å². The average Bonchev–Trinajstić information content (AvgIpc) is 3.04. The van der Waals surface area contributed by atoms with Crippen molar-refractivity contribution in [2.24, 2.45) is 0 Å². The third-order valence-corrected chi connectivity index (χ3v) is 5.16. The number of amides is 1. The van der Waals surface area contributed by atoms with Gasteiger partial charge in [-0.3, -0.25) is 9.59 Å². The fourth-order valence-corrected chi connectivity index (χ4v) is 3.47. The van der Waals surface area contributed by atoms with Crippen LogP contribution < -0.4 is 10.1 Å². The van der Waals surface area contributed by atoms with E-state index in [4.69, 9.17) is 4.74 Å². The summed E-state index contributed by atoms with van der Waals surface area (Å²) in [7, 11) is 2.06. The second-order valence-electron chi connectivity index (χ2n) is 8.09. The molecule has 0 unspecified atom stereocenters. The van der Waals surface area contributed by atoms with Crippen LogP contribution in [-0.2, 0) is 9.59 Å². The molecule has 1 aliphatic rings. The Kier molecular flexibility index (Phi) is 8.45. The van der Waals surface area contributed by atoms with Gasteiger partial charge >= 0.3 is 5.97 Å². The Labute approximate surface area is 169 Å². The van der Waals surface area contributed by atoms with E-state index in [1.165, 1.54) is 0 Å². The largest absolute Gasteiger partial charge is 0.426 e. The first-order chi connectivity index (χ1) is 13.3. The summed E-state index contributed by atoms with van der Waals surface area (Å²) in [5.41, 5.74) is 2.05. The van der Waals surface area contributed by atoms with Crippen LogP contribution in [0.4, 0.5) is 0 Å². The summed E-state index contributed by atoms with van der Waals surface area (Å²) in [6.07, 6.45) is 1.39. The Morgan fingerprint density at radius 3 is 2.25 bits per heavy atom. The van der Waals surface area contributed by atoms with E-state index in [1.54, 1.807) is 0 Å². The fraction of sp³-hybridized carbons (Fsp3) is 0.636. The zero-order valence-electron chi connectivity index (χ0n) is 18.0. The van der Waals surface area contributed by atoms with Crippen molar-refractivity contribution < 1.29 is 14.3 Å². The van der Waals surface area contributed by atoms with Crippen LogP contribution in [0.5, 0.6) is 5.75 Å². The van der Waals surface area contributed by atoms with Crippen LogP contribution in [0.3, 0.4) is 0 Å². The van der Waals surface area contributed by atoms with Gasteiger partial charge in [-0.1, -0.05) is 45.9 Å². The smallest absolute Gasteiger partial charge is 0.311 e. The number of nitrogens with one attached hydrogen (secondary N) is 1. The molecule has 0 saturated carbocycles. The maximum atomic E-state index is 12.4. The van der Waals surface area contributed by atoms with E-state index >= 15 is 0 Å². The highest BCUT2D eigenvalue weighted by molar-refractivity contribution is 5.82. The summed E-state index contributed by atoms with van der Waals surface area (Å²) in [5, 5.41) is 7.30. The van der Waals surface area contributed by atoms with Crippen molar-refractivity contribution in [2.45, 2.75) is 58.8 Å². The monoisotopic (exact) mass is 389 g/mol. The molecule has 156 valence electrons. The standard InChI is InChI=1S/C22H35N3O3/c1-16(2)18-8-6-9-19(17(3)4)22(18)28-21(27)11-10-20(26)23-12-15-25-14-7-13-24(25)5/h6,8-9,16-17H,7,10-15H2,1-5H3,(H,23,26). The topological polar surface area (TPSA) is 61.9 Å². The number of para-hydroxylation sites is 1. The van der Waals surface area contributed by atoms with Gasteiger partial charge in [-0.2, -0.15) is 0 Å². The lowest BCUT2D eigenvalue weighted by atomic mass is 9.94. The molecule has 1 aliphatic heterocycles. The minimum atomic E-state index is -0.357. The van der Waals surface area contributed by atoms with Gasteiger partial charge in [-0.25, -0.2) is 10.0 Å². The van der Waals surface area contributed by atoms with E-state index in [2.05, 4.69) is 50.1 Å². The molecule has 28 heavy (non-hydrogen) atoms. The zero-order valence-corrected chi connectivity index (χ0v) is 18.0. The Hall–Kier alpha value is -1.92. The van der Waals surface area contributed by atoms with Gasteiger partial charge in [0, 0.05) is 39.6 Å². The molecule has 6 heteroatoms. The molecule has 1 aromatic carbocycles. The van der Waals surface area contributed by atoms with Crippen molar-refractivity contribution in [1.82, 2.24) is 15.3 Å². The zero-order chi connectivity index (χ0) is 20.7. The molecule has 1 amide bonds. The summed E-state index contributed by atoms with van der Waals surface area (Å²) in [6, 6.07) is 6.01. The number of rotatable bonds is 9. The molecule has 1 N–H and O–H groups in total.